The molecular formula is C11H20N2O3. The van der Waals surface area contributed by atoms with Crippen LogP contribution in [0.4, 0.5) is 0 Å². The molecule has 2 heterocycles. The van der Waals surface area contributed by atoms with Gasteiger partial charge >= 0.3 is 0 Å². The predicted molar refractivity (Wildman–Crippen MR) is 58.9 cm³/mol. The standard InChI is InChI=1S/C11H20N2O3/c1-8-7-15-5-4-13(8)11(14)10-3-2-9(6-12)16-10/h8-10H,2-7,12H2,1H3/t8-,9?,10?/m1/s1. The molecule has 0 aromatic carbocycles. The van der Waals surface area contributed by atoms with Crippen LogP contribution in [0.15, 0.2) is 0 Å². The van der Waals surface area contributed by atoms with Gasteiger partial charge in [-0.15, -0.1) is 0 Å². The van der Waals surface area contributed by atoms with Crippen LogP contribution in [-0.2, 0) is 14.3 Å². The zero-order chi connectivity index (χ0) is 11.5. The van der Waals surface area contributed by atoms with Crippen LogP contribution in [0.2, 0.25) is 0 Å². The smallest absolute Gasteiger partial charge is 0.252 e. The van der Waals surface area contributed by atoms with Crippen molar-refractivity contribution in [1.82, 2.24) is 4.90 Å². The van der Waals surface area contributed by atoms with Crippen molar-refractivity contribution in [1.29, 1.82) is 0 Å². The maximum absolute atomic E-state index is 12.2. The number of nitrogens with two attached hydrogens (primary N) is 1. The molecular weight excluding hydrogens is 208 g/mol. The van der Waals surface area contributed by atoms with Crippen LogP contribution in [0.3, 0.4) is 0 Å². The molecule has 0 bridgehead atoms. The first kappa shape index (κ1) is 11.8. The van der Waals surface area contributed by atoms with Gasteiger partial charge in [-0.1, -0.05) is 0 Å². The van der Waals surface area contributed by atoms with E-state index in [4.69, 9.17) is 15.2 Å². The first-order valence-corrected chi connectivity index (χ1v) is 5.96. The van der Waals surface area contributed by atoms with Crippen molar-refractivity contribution in [2.45, 2.75) is 38.0 Å². The van der Waals surface area contributed by atoms with Gasteiger partial charge in [0.05, 0.1) is 25.4 Å². The molecule has 2 aliphatic rings. The van der Waals surface area contributed by atoms with Crippen molar-refractivity contribution < 1.29 is 14.3 Å². The molecule has 3 atom stereocenters. The van der Waals surface area contributed by atoms with Gasteiger partial charge in [0.2, 0.25) is 0 Å². The number of nitrogens with zero attached hydrogens (tertiary/aromatic N) is 1. The molecule has 92 valence electrons. The van der Waals surface area contributed by atoms with E-state index in [-0.39, 0.29) is 24.2 Å². The first-order valence-electron chi connectivity index (χ1n) is 5.96. The molecule has 2 N–H and O–H groups in total. The summed E-state index contributed by atoms with van der Waals surface area (Å²) in [4.78, 5) is 14.0. The number of hydrogen-bond acceptors (Lipinski definition) is 4. The van der Waals surface area contributed by atoms with Crippen LogP contribution in [0.1, 0.15) is 19.8 Å². The van der Waals surface area contributed by atoms with Crippen molar-refractivity contribution in [3.8, 4) is 0 Å². The molecule has 0 aromatic rings. The van der Waals surface area contributed by atoms with Gasteiger partial charge in [0.25, 0.3) is 5.91 Å². The van der Waals surface area contributed by atoms with E-state index in [2.05, 4.69) is 0 Å². The molecule has 0 aliphatic carbocycles. The Labute approximate surface area is 95.9 Å². The van der Waals surface area contributed by atoms with Crippen molar-refractivity contribution >= 4 is 5.91 Å². The summed E-state index contributed by atoms with van der Waals surface area (Å²) in [5, 5.41) is 0. The Morgan fingerprint density at radius 2 is 2.31 bits per heavy atom. The number of rotatable bonds is 2. The molecule has 5 nitrogen and oxygen atoms in total. The third kappa shape index (κ3) is 2.36. The lowest BCUT2D eigenvalue weighted by atomic mass is 10.1. The zero-order valence-electron chi connectivity index (χ0n) is 9.72. The first-order chi connectivity index (χ1) is 7.72. The minimum Gasteiger partial charge on any atom is -0.377 e. The predicted octanol–water partition coefficient (Wildman–Crippen LogP) is -0.260. The largest absolute Gasteiger partial charge is 0.377 e. The normalized spacial score (nSPS) is 35.4. The van der Waals surface area contributed by atoms with Gasteiger partial charge in [-0.05, 0) is 19.8 Å². The Balaban J connectivity index is 1.91. The zero-order valence-corrected chi connectivity index (χ0v) is 9.72. The van der Waals surface area contributed by atoms with Crippen molar-refractivity contribution in [2.24, 2.45) is 5.73 Å². The molecule has 0 aromatic heterocycles. The van der Waals surface area contributed by atoms with E-state index in [1.807, 2.05) is 11.8 Å². The molecule has 0 saturated carbocycles. The summed E-state index contributed by atoms with van der Waals surface area (Å²) in [6, 6.07) is 0.154. The third-order valence-electron chi connectivity index (χ3n) is 3.30. The van der Waals surface area contributed by atoms with Crippen molar-refractivity contribution in [3.05, 3.63) is 0 Å². The molecule has 1 amide bonds. The van der Waals surface area contributed by atoms with Gasteiger partial charge in [0.1, 0.15) is 6.10 Å². The van der Waals surface area contributed by atoms with Crippen molar-refractivity contribution in [2.75, 3.05) is 26.3 Å². The number of amides is 1. The summed E-state index contributed by atoms with van der Waals surface area (Å²) in [5.74, 6) is 0.103. The van der Waals surface area contributed by atoms with Crippen molar-refractivity contribution in [3.63, 3.8) is 0 Å². The maximum atomic E-state index is 12.2. The Morgan fingerprint density at radius 1 is 1.50 bits per heavy atom. The van der Waals surface area contributed by atoms with E-state index < -0.39 is 0 Å². The van der Waals surface area contributed by atoms with E-state index in [1.165, 1.54) is 0 Å². The fourth-order valence-electron chi connectivity index (χ4n) is 2.30. The molecule has 16 heavy (non-hydrogen) atoms. The highest BCUT2D eigenvalue weighted by molar-refractivity contribution is 5.81. The van der Waals surface area contributed by atoms with E-state index in [0.717, 1.165) is 12.8 Å². The summed E-state index contributed by atoms with van der Waals surface area (Å²) in [5.41, 5.74) is 5.53. The molecule has 2 saturated heterocycles. The highest BCUT2D eigenvalue weighted by Gasteiger charge is 2.35. The number of carbonyl (C=O) groups excluding carboxylic acids is 1. The summed E-state index contributed by atoms with van der Waals surface area (Å²) >= 11 is 0. The quantitative estimate of drug-likeness (QED) is 0.707. The highest BCUT2D eigenvalue weighted by Crippen LogP contribution is 2.22. The Hall–Kier alpha value is -0.650. The van der Waals surface area contributed by atoms with E-state index in [0.29, 0.717) is 26.3 Å². The summed E-state index contributed by atoms with van der Waals surface area (Å²) in [6.07, 6.45) is 1.47. The average Bonchev–Trinajstić information content (AvgIpc) is 2.77. The average molecular weight is 228 g/mol. The second kappa shape index (κ2) is 5.12. The Morgan fingerprint density at radius 3 is 2.94 bits per heavy atom. The van der Waals surface area contributed by atoms with E-state index >= 15 is 0 Å². The van der Waals surface area contributed by atoms with Gasteiger partial charge < -0.3 is 20.1 Å². The lowest BCUT2D eigenvalue weighted by Gasteiger charge is -2.34. The second-order valence-corrected chi connectivity index (χ2v) is 4.52. The van der Waals surface area contributed by atoms with Gasteiger partial charge in [0.15, 0.2) is 0 Å². The third-order valence-corrected chi connectivity index (χ3v) is 3.30. The fraction of sp³-hybridized carbons (Fsp3) is 0.909. The van der Waals surface area contributed by atoms with Crippen LogP contribution >= 0.6 is 0 Å². The highest BCUT2D eigenvalue weighted by atomic mass is 16.5. The number of morpholine rings is 1. The maximum Gasteiger partial charge on any atom is 0.252 e. The van der Waals surface area contributed by atoms with Crippen LogP contribution < -0.4 is 5.73 Å². The van der Waals surface area contributed by atoms with Gasteiger partial charge in [0, 0.05) is 13.1 Å². The minimum atomic E-state index is -0.283. The SMILES string of the molecule is C[C@@H]1COCCN1C(=O)C1CCC(CN)O1. The topological polar surface area (TPSA) is 64.8 Å². The molecule has 2 fully saturated rings. The molecule has 0 spiro atoms. The van der Waals surface area contributed by atoms with Crippen LogP contribution in [0.25, 0.3) is 0 Å². The van der Waals surface area contributed by atoms with Crippen LogP contribution in [-0.4, -0.2) is 55.4 Å². The lowest BCUT2D eigenvalue weighted by Crippen LogP contribution is -2.50. The molecule has 2 unspecified atom stereocenters. The molecule has 0 radical (unpaired) electrons. The molecule has 5 heteroatoms. The number of hydrogen-bond donors (Lipinski definition) is 1. The summed E-state index contributed by atoms with van der Waals surface area (Å²) < 4.78 is 10.9. The second-order valence-electron chi connectivity index (χ2n) is 4.52. The summed E-state index contributed by atoms with van der Waals surface area (Å²) in [6.45, 7) is 4.43. The number of ether oxygens (including phenoxy) is 2. The number of carbonyl (C=O) groups is 1. The van der Waals surface area contributed by atoms with E-state index in [1.54, 1.807) is 0 Å². The molecule has 2 rings (SSSR count). The monoisotopic (exact) mass is 228 g/mol. The summed E-state index contributed by atoms with van der Waals surface area (Å²) in [7, 11) is 0. The van der Waals surface area contributed by atoms with Crippen LogP contribution in [0.5, 0.6) is 0 Å². The molecule has 2 aliphatic heterocycles. The Bertz CT molecular complexity index is 260. The van der Waals surface area contributed by atoms with E-state index in [9.17, 15) is 4.79 Å². The van der Waals surface area contributed by atoms with Gasteiger partial charge in [-0.25, -0.2) is 0 Å². The fourth-order valence-corrected chi connectivity index (χ4v) is 2.30. The lowest BCUT2D eigenvalue weighted by molar-refractivity contribution is -0.150. The van der Waals surface area contributed by atoms with Gasteiger partial charge in [-0.3, -0.25) is 4.79 Å². The minimum absolute atomic E-state index is 0.0605. The van der Waals surface area contributed by atoms with Crippen LogP contribution in [0, 0.1) is 0 Å². The Kier molecular flexibility index (Phi) is 3.78. The van der Waals surface area contributed by atoms with Gasteiger partial charge in [-0.2, -0.15) is 0 Å².